The van der Waals surface area contributed by atoms with Crippen LogP contribution >= 0.6 is 0 Å². The fourth-order valence-corrected chi connectivity index (χ4v) is 3.18. The third-order valence-electron chi connectivity index (χ3n) is 3.99. The maximum Gasteiger partial charge on any atom is 0.255 e. The third kappa shape index (κ3) is 2.84. The zero-order chi connectivity index (χ0) is 15.0. The van der Waals surface area contributed by atoms with Crippen LogP contribution in [0.5, 0.6) is 0 Å². The zero-order valence-corrected chi connectivity index (χ0v) is 12.3. The molecule has 3 heterocycles. The molecular formula is C15H20N4O2. The van der Waals surface area contributed by atoms with Crippen molar-refractivity contribution in [2.45, 2.75) is 20.3 Å². The maximum atomic E-state index is 12.6. The summed E-state index contributed by atoms with van der Waals surface area (Å²) in [6, 6.07) is 1.77. The molecule has 1 fully saturated rings. The number of piperidine rings is 1. The molecule has 112 valence electrons. The first-order chi connectivity index (χ1) is 10.0. The summed E-state index contributed by atoms with van der Waals surface area (Å²) in [4.78, 5) is 30.0. The van der Waals surface area contributed by atoms with Gasteiger partial charge in [-0.25, -0.2) is 4.98 Å². The Hall–Kier alpha value is -2.11. The van der Waals surface area contributed by atoms with Gasteiger partial charge in [-0.05, 0) is 24.3 Å². The third-order valence-corrected chi connectivity index (χ3v) is 3.99. The Labute approximate surface area is 123 Å². The Balaban J connectivity index is 1.80. The summed E-state index contributed by atoms with van der Waals surface area (Å²) in [5.74, 6) is 1.44. The van der Waals surface area contributed by atoms with Crippen LogP contribution in [0.3, 0.4) is 0 Å². The molecule has 1 saturated heterocycles. The number of nitrogens with one attached hydrogen (secondary N) is 2. The highest BCUT2D eigenvalue weighted by atomic mass is 16.2. The number of pyridine rings is 1. The van der Waals surface area contributed by atoms with E-state index in [1.165, 1.54) is 6.42 Å². The maximum absolute atomic E-state index is 12.6. The van der Waals surface area contributed by atoms with E-state index in [-0.39, 0.29) is 18.4 Å². The standard InChI is InChI=1S/C15H20N4O2/c1-9-3-10(2)8-19(7-9)15(21)11-4-12-14(17-5-11)18-13(20)6-16-12/h4-5,9-10,16H,3,6-8H2,1-2H3,(H,17,18,20). The fraction of sp³-hybridized carbons (Fsp3) is 0.533. The number of aromatic nitrogens is 1. The van der Waals surface area contributed by atoms with Gasteiger partial charge in [0.1, 0.15) is 0 Å². The number of likely N-dealkylation sites (tertiary alicyclic amines) is 1. The molecule has 0 aliphatic carbocycles. The number of hydrogen-bond acceptors (Lipinski definition) is 4. The van der Waals surface area contributed by atoms with Crippen molar-refractivity contribution < 1.29 is 9.59 Å². The molecule has 0 saturated carbocycles. The normalized spacial score (nSPS) is 24.9. The first kappa shape index (κ1) is 13.9. The fourth-order valence-electron chi connectivity index (χ4n) is 3.18. The van der Waals surface area contributed by atoms with Crippen molar-refractivity contribution in [2.24, 2.45) is 11.8 Å². The van der Waals surface area contributed by atoms with Crippen LogP contribution in [0.15, 0.2) is 12.3 Å². The Morgan fingerprint density at radius 1 is 1.33 bits per heavy atom. The van der Waals surface area contributed by atoms with E-state index in [9.17, 15) is 9.59 Å². The van der Waals surface area contributed by atoms with Crippen molar-refractivity contribution in [1.82, 2.24) is 9.88 Å². The summed E-state index contributed by atoms with van der Waals surface area (Å²) in [6.07, 6.45) is 2.71. The smallest absolute Gasteiger partial charge is 0.255 e. The topological polar surface area (TPSA) is 74.3 Å². The van der Waals surface area contributed by atoms with E-state index < -0.39 is 0 Å². The van der Waals surface area contributed by atoms with Crippen molar-refractivity contribution in [2.75, 3.05) is 30.3 Å². The van der Waals surface area contributed by atoms with Crippen molar-refractivity contribution in [3.05, 3.63) is 17.8 Å². The predicted molar refractivity (Wildman–Crippen MR) is 80.2 cm³/mol. The molecular weight excluding hydrogens is 268 g/mol. The van der Waals surface area contributed by atoms with Crippen molar-refractivity contribution in [3.63, 3.8) is 0 Å². The molecule has 6 nitrogen and oxygen atoms in total. The molecule has 0 aromatic carbocycles. The summed E-state index contributed by atoms with van der Waals surface area (Å²) in [7, 11) is 0. The van der Waals surface area contributed by atoms with Crippen LogP contribution in [0.2, 0.25) is 0 Å². The molecule has 1 aromatic rings. The van der Waals surface area contributed by atoms with Crippen LogP contribution in [-0.4, -0.2) is 41.3 Å². The van der Waals surface area contributed by atoms with E-state index in [4.69, 9.17) is 0 Å². The van der Waals surface area contributed by atoms with Gasteiger partial charge in [0, 0.05) is 19.3 Å². The molecule has 2 unspecified atom stereocenters. The lowest BCUT2D eigenvalue weighted by atomic mass is 9.91. The Bertz CT molecular complexity index is 577. The molecule has 2 amide bonds. The second-order valence-corrected chi connectivity index (χ2v) is 6.18. The summed E-state index contributed by atoms with van der Waals surface area (Å²) < 4.78 is 0. The van der Waals surface area contributed by atoms with Gasteiger partial charge in [0.05, 0.1) is 17.8 Å². The second-order valence-electron chi connectivity index (χ2n) is 6.18. The highest BCUT2D eigenvalue weighted by Crippen LogP contribution is 2.26. The van der Waals surface area contributed by atoms with Gasteiger partial charge >= 0.3 is 0 Å². The first-order valence-electron chi connectivity index (χ1n) is 7.36. The molecule has 0 spiro atoms. The van der Waals surface area contributed by atoms with Crippen LogP contribution < -0.4 is 10.6 Å². The number of anilines is 2. The van der Waals surface area contributed by atoms with E-state index in [0.29, 0.717) is 28.9 Å². The number of hydrogen-bond donors (Lipinski definition) is 2. The van der Waals surface area contributed by atoms with E-state index >= 15 is 0 Å². The highest BCUT2D eigenvalue weighted by molar-refractivity contribution is 6.01. The van der Waals surface area contributed by atoms with Gasteiger partial charge in [0.15, 0.2) is 5.82 Å². The van der Waals surface area contributed by atoms with Gasteiger partial charge in [0.25, 0.3) is 5.91 Å². The molecule has 2 aliphatic rings. The lowest BCUT2D eigenvalue weighted by Crippen LogP contribution is -2.42. The number of carbonyl (C=O) groups is 2. The Kier molecular flexibility index (Phi) is 3.53. The number of rotatable bonds is 1. The summed E-state index contributed by atoms with van der Waals surface area (Å²) >= 11 is 0. The number of amides is 2. The van der Waals surface area contributed by atoms with Crippen LogP contribution in [-0.2, 0) is 4.79 Å². The van der Waals surface area contributed by atoms with Crippen LogP contribution in [0.4, 0.5) is 11.5 Å². The number of nitrogens with zero attached hydrogens (tertiary/aromatic N) is 2. The molecule has 1 aromatic heterocycles. The van der Waals surface area contributed by atoms with Crippen molar-refractivity contribution >= 4 is 23.3 Å². The minimum atomic E-state index is -0.118. The summed E-state index contributed by atoms with van der Waals surface area (Å²) in [6.45, 7) is 6.16. The number of carbonyl (C=O) groups excluding carboxylic acids is 2. The molecule has 0 bridgehead atoms. The predicted octanol–water partition coefficient (Wildman–Crippen LogP) is 1.56. The first-order valence-corrected chi connectivity index (χ1v) is 7.36. The van der Waals surface area contributed by atoms with Crippen LogP contribution in [0.1, 0.15) is 30.6 Å². The van der Waals surface area contributed by atoms with Gasteiger partial charge in [0.2, 0.25) is 5.91 Å². The molecule has 2 atom stereocenters. The van der Waals surface area contributed by atoms with Crippen molar-refractivity contribution in [1.29, 1.82) is 0 Å². The number of fused-ring (bicyclic) bond motifs is 1. The Morgan fingerprint density at radius 2 is 2.05 bits per heavy atom. The van der Waals surface area contributed by atoms with Gasteiger partial charge in [-0.1, -0.05) is 13.8 Å². The highest BCUT2D eigenvalue weighted by Gasteiger charge is 2.27. The van der Waals surface area contributed by atoms with E-state index in [1.54, 1.807) is 12.3 Å². The lowest BCUT2D eigenvalue weighted by Gasteiger charge is -2.35. The molecule has 2 N–H and O–H groups in total. The van der Waals surface area contributed by atoms with Gasteiger partial charge < -0.3 is 15.5 Å². The largest absolute Gasteiger partial charge is 0.373 e. The minimum Gasteiger partial charge on any atom is -0.373 e. The summed E-state index contributed by atoms with van der Waals surface area (Å²) in [5.41, 5.74) is 1.28. The van der Waals surface area contributed by atoms with E-state index in [0.717, 1.165) is 13.1 Å². The molecule has 21 heavy (non-hydrogen) atoms. The van der Waals surface area contributed by atoms with Gasteiger partial charge in [-0.3, -0.25) is 9.59 Å². The minimum absolute atomic E-state index is 0.0161. The summed E-state index contributed by atoms with van der Waals surface area (Å²) in [5, 5.41) is 5.67. The van der Waals surface area contributed by atoms with E-state index in [2.05, 4.69) is 29.5 Å². The molecule has 2 aliphatic heterocycles. The molecule has 0 radical (unpaired) electrons. The lowest BCUT2D eigenvalue weighted by molar-refractivity contribution is -0.114. The van der Waals surface area contributed by atoms with Crippen LogP contribution in [0, 0.1) is 11.8 Å². The second kappa shape index (κ2) is 5.35. The zero-order valence-electron chi connectivity index (χ0n) is 12.3. The monoisotopic (exact) mass is 288 g/mol. The average molecular weight is 288 g/mol. The Morgan fingerprint density at radius 3 is 2.76 bits per heavy atom. The van der Waals surface area contributed by atoms with Crippen molar-refractivity contribution in [3.8, 4) is 0 Å². The SMILES string of the molecule is CC1CC(C)CN(C(=O)c2cnc3c(c2)NCC(=O)N3)C1. The quantitative estimate of drug-likeness (QED) is 0.822. The molecule has 6 heteroatoms. The molecule has 3 rings (SSSR count). The van der Waals surface area contributed by atoms with E-state index in [1.807, 2.05) is 4.90 Å². The van der Waals surface area contributed by atoms with Gasteiger partial charge in [-0.15, -0.1) is 0 Å². The van der Waals surface area contributed by atoms with Gasteiger partial charge in [-0.2, -0.15) is 0 Å². The average Bonchev–Trinajstić information content (AvgIpc) is 2.45. The van der Waals surface area contributed by atoms with Crippen LogP contribution in [0.25, 0.3) is 0 Å².